The van der Waals surface area contributed by atoms with Gasteiger partial charge in [0, 0.05) is 48.1 Å². The van der Waals surface area contributed by atoms with Crippen molar-refractivity contribution >= 4 is 125 Å². The van der Waals surface area contributed by atoms with Gasteiger partial charge < -0.3 is 107 Å². The number of nitrogens with one attached hydrogen (secondary N) is 11. The Kier molecular flexibility index (Phi) is 37.6. The first-order chi connectivity index (χ1) is 45.6. The second kappa shape index (κ2) is 43.6. The molecule has 0 spiro atoms. The molecule has 0 aliphatic carbocycles. The number of rotatable bonds is 45. The third-order valence-electron chi connectivity index (χ3n) is 15.5. The summed E-state index contributed by atoms with van der Waals surface area (Å²) in [7, 11) is 0. The molecule has 96 heavy (non-hydrogen) atoms. The second-order valence-corrected chi connectivity index (χ2v) is 25.4. The number of aliphatic carboxylic acids is 1. The number of thiol groups is 2. The molecule has 1 fully saturated rings. The molecule has 0 bridgehead atoms. The number of thioether (sulfide) groups is 1. The molecule has 1 saturated heterocycles. The fourth-order valence-corrected chi connectivity index (χ4v) is 11.2. The highest BCUT2D eigenvalue weighted by atomic mass is 32.2. The summed E-state index contributed by atoms with van der Waals surface area (Å²) < 4.78 is 0. The lowest BCUT2D eigenvalue weighted by Gasteiger charge is -2.31. The van der Waals surface area contributed by atoms with E-state index in [4.69, 9.17) is 28.7 Å². The topological polar surface area (TPSA) is 547 Å². The van der Waals surface area contributed by atoms with E-state index in [1.807, 2.05) is 24.3 Å². The number of aliphatic hydroxyl groups excluding tert-OH is 2. The Labute approximate surface area is 573 Å². The molecule has 2 aromatic rings. The fourth-order valence-electron chi connectivity index (χ4n) is 10.3. The van der Waals surface area contributed by atoms with Crippen molar-refractivity contribution in [1.82, 2.24) is 63.1 Å². The number of para-hydroxylation sites is 1. The van der Waals surface area contributed by atoms with Crippen LogP contribution in [0, 0.1) is 5.92 Å². The number of hydrogen-bond donors (Lipinski definition) is 21. The minimum absolute atomic E-state index is 0.0193. The molecule has 1 aromatic carbocycles. The SMILES string of the molecule is CSCC[C@H](NC(=O)[C@H](CS)NC(=O)CNC(=O)[C@H](CC(C)C)NC(=O)[C@H](CO)NC(=O)[C@@H](NC(=O)[C@H](CCCCN)NC(=O)[C@@H]1CCCN1C(=O)[C@H](CS)NC(=O)[C@H](Cc1c[nH]c2ccccc12)NC(=O)[C@@H](N)CCCN=C(N)N)[C@@H](C)O)C(=O)N[C@@H](CCCCN)C(=O)O. The summed E-state index contributed by atoms with van der Waals surface area (Å²) in [6.07, 6.45) is 4.61. The summed E-state index contributed by atoms with van der Waals surface area (Å²) in [5.41, 5.74) is 29.8. The largest absolute Gasteiger partial charge is 0.480 e. The highest BCUT2D eigenvalue weighted by Gasteiger charge is 2.41. The lowest BCUT2D eigenvalue weighted by atomic mass is 10.0. The predicted molar refractivity (Wildman–Crippen MR) is 367 cm³/mol. The average molecular weight is 1410 g/mol. The molecule has 36 heteroatoms. The molecule has 33 nitrogen and oxygen atoms in total. The predicted octanol–water partition coefficient (Wildman–Crippen LogP) is -5.06. The number of carboxylic acid groups (broad SMARTS) is 1. The molecule has 12 atom stereocenters. The molecule has 11 amide bonds. The molecule has 24 N–H and O–H groups in total. The summed E-state index contributed by atoms with van der Waals surface area (Å²) in [6, 6.07) is -7.60. The Morgan fingerprint density at radius 1 is 0.667 bits per heavy atom. The number of benzene rings is 1. The number of aliphatic imine (C=N–C) groups is 1. The Morgan fingerprint density at radius 3 is 1.83 bits per heavy atom. The number of nitrogens with two attached hydrogens (primary N) is 5. The smallest absolute Gasteiger partial charge is 0.326 e. The average Bonchev–Trinajstić information content (AvgIpc) is 1.65. The number of guanidine groups is 1. The maximum Gasteiger partial charge on any atom is 0.326 e. The molecule has 1 aliphatic heterocycles. The van der Waals surface area contributed by atoms with Crippen LogP contribution in [0.3, 0.4) is 0 Å². The maximum absolute atomic E-state index is 14.4. The van der Waals surface area contributed by atoms with Crippen LogP contribution in [-0.2, 0) is 64.0 Å². The van der Waals surface area contributed by atoms with Gasteiger partial charge in [0.15, 0.2) is 5.96 Å². The highest BCUT2D eigenvalue weighted by molar-refractivity contribution is 7.98. The molecular weight excluding hydrogens is 1310 g/mol. The van der Waals surface area contributed by atoms with Gasteiger partial charge >= 0.3 is 5.97 Å². The molecule has 538 valence electrons. The van der Waals surface area contributed by atoms with E-state index in [1.165, 1.54) is 16.7 Å². The van der Waals surface area contributed by atoms with Crippen LogP contribution in [0.1, 0.15) is 103 Å². The van der Waals surface area contributed by atoms with Crippen molar-refractivity contribution < 1.29 is 72.9 Å². The second-order valence-electron chi connectivity index (χ2n) is 23.7. The molecule has 0 radical (unpaired) electrons. The van der Waals surface area contributed by atoms with E-state index in [0.717, 1.165) is 17.8 Å². The number of unbranched alkanes of at least 4 members (excludes halogenated alkanes) is 2. The van der Waals surface area contributed by atoms with E-state index >= 15 is 0 Å². The van der Waals surface area contributed by atoms with Gasteiger partial charge in [-0.3, -0.25) is 57.7 Å². The van der Waals surface area contributed by atoms with E-state index in [2.05, 4.69) is 88.4 Å². The van der Waals surface area contributed by atoms with Crippen molar-refractivity contribution in [2.45, 2.75) is 177 Å². The zero-order chi connectivity index (χ0) is 71.6. The summed E-state index contributed by atoms with van der Waals surface area (Å²) in [6.45, 7) is 3.64. The van der Waals surface area contributed by atoms with Crippen LogP contribution in [0.4, 0.5) is 0 Å². The number of aromatic amines is 1. The monoisotopic (exact) mass is 1410 g/mol. The first-order valence-electron chi connectivity index (χ1n) is 31.9. The minimum atomic E-state index is -1.82. The van der Waals surface area contributed by atoms with Gasteiger partial charge in [0.1, 0.15) is 60.4 Å². The molecule has 1 aliphatic rings. The summed E-state index contributed by atoms with van der Waals surface area (Å²) >= 11 is 9.94. The van der Waals surface area contributed by atoms with Gasteiger partial charge in [-0.2, -0.15) is 37.0 Å². The number of nitrogens with zero attached hydrogens (tertiary/aromatic N) is 2. The van der Waals surface area contributed by atoms with Gasteiger partial charge in [0.05, 0.1) is 25.3 Å². The lowest BCUT2D eigenvalue weighted by molar-refractivity contribution is -0.142. The van der Waals surface area contributed by atoms with Crippen molar-refractivity contribution in [2.75, 3.05) is 62.8 Å². The van der Waals surface area contributed by atoms with Crippen molar-refractivity contribution in [3.63, 3.8) is 0 Å². The highest BCUT2D eigenvalue weighted by Crippen LogP contribution is 2.22. The number of carbonyl (C=O) groups excluding carboxylic acids is 11. The number of fused-ring (bicyclic) bond motifs is 1. The van der Waals surface area contributed by atoms with Gasteiger partial charge in [0.2, 0.25) is 65.0 Å². The molecule has 1 aromatic heterocycles. The van der Waals surface area contributed by atoms with Crippen LogP contribution in [0.15, 0.2) is 35.5 Å². The summed E-state index contributed by atoms with van der Waals surface area (Å²) in [5, 5.41) is 56.8. The Bertz CT molecular complexity index is 2940. The van der Waals surface area contributed by atoms with E-state index in [1.54, 1.807) is 26.3 Å². The summed E-state index contributed by atoms with van der Waals surface area (Å²) in [4.78, 5) is 172. The van der Waals surface area contributed by atoms with Crippen LogP contribution in [0.25, 0.3) is 10.9 Å². The third kappa shape index (κ3) is 27.9. The van der Waals surface area contributed by atoms with Crippen LogP contribution in [-0.4, -0.2) is 238 Å². The number of likely N-dealkylation sites (tertiary alicyclic amines) is 1. The number of aliphatic hydroxyl groups is 2. The van der Waals surface area contributed by atoms with Crippen molar-refractivity contribution in [3.8, 4) is 0 Å². The normalized spacial score (nSPS) is 16.3. The Balaban J connectivity index is 1.72. The Hall–Kier alpha value is -7.48. The minimum Gasteiger partial charge on any atom is -0.480 e. The number of carbonyl (C=O) groups is 12. The van der Waals surface area contributed by atoms with Gasteiger partial charge in [-0.25, -0.2) is 4.79 Å². The van der Waals surface area contributed by atoms with Crippen LogP contribution >= 0.6 is 37.0 Å². The van der Waals surface area contributed by atoms with Crippen molar-refractivity contribution in [1.29, 1.82) is 0 Å². The quantitative estimate of drug-likeness (QED) is 0.0128. The zero-order valence-electron chi connectivity index (χ0n) is 54.8. The van der Waals surface area contributed by atoms with E-state index in [-0.39, 0.29) is 94.4 Å². The van der Waals surface area contributed by atoms with Crippen molar-refractivity contribution in [2.24, 2.45) is 39.6 Å². The standard InChI is InChI=1S/C60H100N18O15S3/c1-32(2)25-41(50(83)68-28-47(81)69-44(30-94)55(88)70-39(19-24-96-4)51(84)72-40(59(92)93)17-8-10-21-62)74-54(87)43(29-79)75-57(90)48(33(3)80)77-52(85)38(16-7-9-20-61)71-56(89)46-18-12-23-78(46)58(91)45(31-95)76-53(86)42(26-34-27-67-37-15-6-5-13-35(34)37)73-49(82)36(63)14-11-22-66-60(64)65/h5-6,13,15,27,32-33,36,38-46,48,67,79-80,94-95H,7-12,14,16-26,28-31,61-63H2,1-4H3,(H,68,83)(H,69,81)(H,70,88)(H,71,89)(H,72,84)(H,73,82)(H,74,87)(H,75,90)(H,76,86)(H,77,85)(H,92,93)(H4,64,65,66)/t33-,36+,38+,39+,40+,41+,42+,43+,44+,45+,46+,48+/m1/s1. The first kappa shape index (κ1) is 82.7. The fraction of sp³-hybridized carbons (Fsp3) is 0.650. The Morgan fingerprint density at radius 2 is 1.23 bits per heavy atom. The van der Waals surface area contributed by atoms with Crippen molar-refractivity contribution in [3.05, 3.63) is 36.0 Å². The number of hydrogen-bond acceptors (Lipinski definition) is 21. The van der Waals surface area contributed by atoms with Gasteiger partial charge in [-0.15, -0.1) is 0 Å². The van der Waals surface area contributed by atoms with E-state index < -0.39 is 157 Å². The van der Waals surface area contributed by atoms with Crippen LogP contribution in [0.2, 0.25) is 0 Å². The number of H-pyrrole nitrogens is 1. The number of aromatic nitrogens is 1. The molecule has 2 heterocycles. The van der Waals surface area contributed by atoms with Gasteiger partial charge in [-0.1, -0.05) is 32.0 Å². The lowest BCUT2D eigenvalue weighted by Crippen LogP contribution is -2.62. The van der Waals surface area contributed by atoms with Gasteiger partial charge in [-0.05, 0) is 127 Å². The molecular formula is C60H100N18O15S3. The third-order valence-corrected chi connectivity index (χ3v) is 16.9. The summed E-state index contributed by atoms with van der Waals surface area (Å²) in [5.74, 6) is -11.2. The van der Waals surface area contributed by atoms with Crippen LogP contribution in [0.5, 0.6) is 0 Å². The number of carboxylic acids is 1. The molecule has 3 rings (SSSR count). The van der Waals surface area contributed by atoms with E-state index in [0.29, 0.717) is 50.0 Å². The van der Waals surface area contributed by atoms with E-state index in [9.17, 15) is 72.9 Å². The van der Waals surface area contributed by atoms with Crippen LogP contribution < -0.4 is 81.8 Å². The first-order valence-corrected chi connectivity index (χ1v) is 34.6. The molecule has 0 saturated carbocycles. The molecule has 0 unspecified atom stereocenters. The number of amides is 11. The zero-order valence-corrected chi connectivity index (χ0v) is 57.4. The van der Waals surface area contributed by atoms with Gasteiger partial charge in [0.25, 0.3) is 0 Å². The maximum atomic E-state index is 14.4.